The fourth-order valence-electron chi connectivity index (χ4n) is 5.01. The van der Waals surface area contributed by atoms with E-state index in [1.54, 1.807) is 0 Å². The smallest absolute Gasteiger partial charge is 0.338 e. The fourth-order valence-corrected chi connectivity index (χ4v) is 5.54. The van der Waals surface area contributed by atoms with Crippen molar-refractivity contribution in [2.75, 3.05) is 16.8 Å². The number of ether oxygens (including phenoxy) is 1. The predicted molar refractivity (Wildman–Crippen MR) is 161 cm³/mol. The second-order valence-electron chi connectivity index (χ2n) is 9.07. The van der Waals surface area contributed by atoms with Crippen LogP contribution in [0.2, 0.25) is 0 Å². The van der Waals surface area contributed by atoms with Crippen LogP contribution in [0.25, 0.3) is 0 Å². The van der Waals surface area contributed by atoms with E-state index in [0.717, 1.165) is 37.1 Å². The van der Waals surface area contributed by atoms with Crippen LogP contribution in [-0.4, -0.2) is 12.6 Å². The van der Waals surface area contributed by atoms with Crippen molar-refractivity contribution in [3.05, 3.63) is 141 Å². The first-order valence-corrected chi connectivity index (χ1v) is 14.2. The number of carbonyl (C=O) groups excluding carboxylic acids is 1. The minimum Gasteiger partial charge on any atom is -0.463 e. The fraction of sp³-hybridized carbons (Fsp3) is 0.156. The van der Waals surface area contributed by atoms with Gasteiger partial charge in [-0.15, -0.1) is 0 Å². The molecule has 38 heavy (non-hydrogen) atoms. The molecule has 4 aromatic carbocycles. The lowest BCUT2D eigenvalue weighted by Gasteiger charge is -2.46. The molecule has 4 nitrogen and oxygen atoms in total. The van der Waals surface area contributed by atoms with Crippen molar-refractivity contribution in [2.45, 2.75) is 25.4 Å². The molecule has 0 saturated heterocycles. The maximum Gasteiger partial charge on any atom is 0.338 e. The highest BCUT2D eigenvalue weighted by molar-refractivity contribution is 9.10. The first-order valence-electron chi connectivity index (χ1n) is 12.6. The summed E-state index contributed by atoms with van der Waals surface area (Å²) < 4.78 is 7.70. The normalized spacial score (nSPS) is 17.3. The number of para-hydroxylation sites is 2. The Kier molecular flexibility index (Phi) is 8.30. The third-order valence-corrected chi connectivity index (χ3v) is 7.73. The molecule has 0 fully saturated rings. The number of hydrogen-bond acceptors (Lipinski definition) is 4. The van der Waals surface area contributed by atoms with Crippen molar-refractivity contribution in [3.63, 3.8) is 0 Å². The summed E-state index contributed by atoms with van der Waals surface area (Å²) in [5.74, 6) is -0.311. The maximum atomic E-state index is 13.8. The summed E-state index contributed by atoms with van der Waals surface area (Å²) >= 11 is 7.16. The highest BCUT2D eigenvalue weighted by Gasteiger charge is 2.41. The van der Waals surface area contributed by atoms with Crippen molar-refractivity contribution >= 4 is 49.2 Å². The zero-order valence-corrected chi connectivity index (χ0v) is 24.2. The van der Waals surface area contributed by atoms with Gasteiger partial charge < -0.3 is 15.0 Å². The molecule has 192 valence electrons. The van der Waals surface area contributed by atoms with Crippen LogP contribution in [0.15, 0.2) is 129 Å². The van der Waals surface area contributed by atoms with Crippen LogP contribution in [-0.2, 0) is 9.53 Å². The third kappa shape index (κ3) is 5.71. The number of nitrogens with zero attached hydrogens (tertiary/aromatic N) is 1. The van der Waals surface area contributed by atoms with Crippen molar-refractivity contribution in [1.29, 1.82) is 0 Å². The minimum atomic E-state index is -0.377. The lowest BCUT2D eigenvalue weighted by atomic mass is 9.84. The molecule has 0 amide bonds. The first-order chi connectivity index (χ1) is 18.5. The summed E-state index contributed by atoms with van der Waals surface area (Å²) in [6.07, 6.45) is 0.604. The van der Waals surface area contributed by atoms with Crippen LogP contribution in [0.4, 0.5) is 11.4 Å². The van der Waals surface area contributed by atoms with Crippen molar-refractivity contribution in [1.82, 2.24) is 0 Å². The number of carbonyl (C=O) groups is 1. The largest absolute Gasteiger partial charge is 0.463 e. The van der Waals surface area contributed by atoms with Gasteiger partial charge in [-0.3, -0.25) is 0 Å². The van der Waals surface area contributed by atoms with Gasteiger partial charge in [0.05, 0.1) is 24.3 Å². The lowest BCUT2D eigenvalue weighted by Crippen LogP contribution is -2.41. The standard InChI is InChI=1S/C32H28Br2N2O2/c1-2-38-32(37)30-28(35-26-9-5-3-6-10-26)21-29(22-13-17-24(33)18-14-22)36(27-11-7-4-8-12-27)31(30)23-15-19-25(34)20-16-23/h3-20,29,31,35H,2,21H2,1H3/t29-,31+/m0/s1. The molecular weight excluding hydrogens is 604 g/mol. The van der Waals surface area contributed by atoms with E-state index in [9.17, 15) is 4.79 Å². The highest BCUT2D eigenvalue weighted by Crippen LogP contribution is 2.48. The van der Waals surface area contributed by atoms with Gasteiger partial charge in [0.2, 0.25) is 0 Å². The van der Waals surface area contributed by atoms with E-state index in [0.29, 0.717) is 18.6 Å². The number of hydrogen-bond donors (Lipinski definition) is 1. The van der Waals surface area contributed by atoms with Gasteiger partial charge in [-0.2, -0.15) is 0 Å². The zero-order chi connectivity index (χ0) is 26.5. The van der Waals surface area contributed by atoms with E-state index in [2.05, 4.69) is 90.6 Å². The van der Waals surface area contributed by atoms with Gasteiger partial charge in [0.25, 0.3) is 0 Å². The molecule has 6 heteroatoms. The van der Waals surface area contributed by atoms with Gasteiger partial charge in [-0.25, -0.2) is 4.79 Å². The average molecular weight is 632 g/mol. The lowest BCUT2D eigenvalue weighted by molar-refractivity contribution is -0.139. The molecule has 1 N–H and O–H groups in total. The zero-order valence-electron chi connectivity index (χ0n) is 21.0. The summed E-state index contributed by atoms with van der Waals surface area (Å²) in [6.45, 7) is 2.15. The molecule has 1 heterocycles. The highest BCUT2D eigenvalue weighted by atomic mass is 79.9. The Hall–Kier alpha value is -3.35. The summed E-state index contributed by atoms with van der Waals surface area (Å²) in [5.41, 5.74) is 5.62. The van der Waals surface area contributed by atoms with Gasteiger partial charge in [-0.05, 0) is 66.6 Å². The summed E-state index contributed by atoms with van der Waals surface area (Å²) in [5, 5.41) is 3.60. The Bertz CT molecular complexity index is 1410. The number of esters is 1. The van der Waals surface area contributed by atoms with Gasteiger partial charge >= 0.3 is 5.97 Å². The van der Waals surface area contributed by atoms with Gasteiger partial charge in [0.15, 0.2) is 0 Å². The van der Waals surface area contributed by atoms with Crippen LogP contribution in [0.3, 0.4) is 0 Å². The molecule has 4 aromatic rings. The minimum absolute atomic E-state index is 0.0384. The van der Waals surface area contributed by atoms with E-state index < -0.39 is 0 Å². The number of benzene rings is 4. The van der Waals surface area contributed by atoms with Crippen LogP contribution >= 0.6 is 31.9 Å². The first kappa shape index (κ1) is 26.3. The summed E-state index contributed by atoms with van der Waals surface area (Å²) in [7, 11) is 0. The molecule has 1 aliphatic rings. The predicted octanol–water partition coefficient (Wildman–Crippen LogP) is 8.83. The number of nitrogens with one attached hydrogen (secondary N) is 1. The van der Waals surface area contributed by atoms with E-state index >= 15 is 0 Å². The molecule has 1 aliphatic heterocycles. The van der Waals surface area contributed by atoms with E-state index in [4.69, 9.17) is 4.74 Å². The molecule has 0 unspecified atom stereocenters. The maximum absolute atomic E-state index is 13.8. The van der Waals surface area contributed by atoms with Crippen molar-refractivity contribution < 1.29 is 9.53 Å². The SMILES string of the molecule is CCOC(=O)C1=C(Nc2ccccc2)C[C@@H](c2ccc(Br)cc2)N(c2ccccc2)[C@@H]1c1ccc(Br)cc1. The van der Waals surface area contributed by atoms with Crippen LogP contribution in [0.5, 0.6) is 0 Å². The van der Waals surface area contributed by atoms with Crippen molar-refractivity contribution in [2.24, 2.45) is 0 Å². The molecule has 0 radical (unpaired) electrons. The quantitative estimate of drug-likeness (QED) is 0.207. The molecule has 5 rings (SSSR count). The molecular formula is C32H28Br2N2O2. The average Bonchev–Trinajstić information content (AvgIpc) is 2.94. The number of anilines is 2. The van der Waals surface area contributed by atoms with E-state index in [-0.39, 0.29) is 18.1 Å². The monoisotopic (exact) mass is 630 g/mol. The Morgan fingerprint density at radius 2 is 1.37 bits per heavy atom. The molecule has 0 aromatic heterocycles. The van der Waals surface area contributed by atoms with Crippen LogP contribution in [0, 0.1) is 0 Å². The molecule has 0 saturated carbocycles. The van der Waals surface area contributed by atoms with Crippen LogP contribution < -0.4 is 10.2 Å². The van der Waals surface area contributed by atoms with E-state index in [1.165, 1.54) is 0 Å². The Labute approximate surface area is 240 Å². The number of rotatable bonds is 7. The summed E-state index contributed by atoms with van der Waals surface area (Å²) in [6, 6.07) is 36.5. The van der Waals surface area contributed by atoms with Gasteiger partial charge in [0.1, 0.15) is 0 Å². The van der Waals surface area contributed by atoms with Crippen LogP contribution in [0.1, 0.15) is 36.6 Å². The molecule has 0 aliphatic carbocycles. The molecule has 0 bridgehead atoms. The Balaban J connectivity index is 1.77. The van der Waals surface area contributed by atoms with Gasteiger partial charge in [-0.1, -0.05) is 92.5 Å². The summed E-state index contributed by atoms with van der Waals surface area (Å²) in [4.78, 5) is 16.1. The second-order valence-corrected chi connectivity index (χ2v) is 10.9. The van der Waals surface area contributed by atoms with E-state index in [1.807, 2.05) is 67.6 Å². The Morgan fingerprint density at radius 3 is 1.95 bits per heavy atom. The Morgan fingerprint density at radius 1 is 0.816 bits per heavy atom. The molecule has 2 atom stereocenters. The van der Waals surface area contributed by atoms with Crippen molar-refractivity contribution in [3.8, 4) is 0 Å². The number of halogens is 2. The third-order valence-electron chi connectivity index (χ3n) is 6.67. The second kappa shape index (κ2) is 12.0. The molecule has 0 spiro atoms. The van der Waals surface area contributed by atoms with Gasteiger partial charge in [0, 0.05) is 32.4 Å². The topological polar surface area (TPSA) is 41.6 Å².